The van der Waals surface area contributed by atoms with Crippen molar-refractivity contribution in [2.75, 3.05) is 20.2 Å². The Morgan fingerprint density at radius 1 is 1.39 bits per heavy atom. The number of nitrogens with zero attached hydrogens (tertiary/aromatic N) is 1. The predicted molar refractivity (Wildman–Crippen MR) is 64.1 cm³/mol. The van der Waals surface area contributed by atoms with Gasteiger partial charge in [-0.2, -0.15) is 0 Å². The SMILES string of the molecule is CCOC(=O)CCN(C)C(=O)NC(C)CC(=O)O. The molecule has 104 valence electrons. The van der Waals surface area contributed by atoms with Gasteiger partial charge in [0.1, 0.15) is 0 Å². The molecular weight excluding hydrogens is 240 g/mol. The van der Waals surface area contributed by atoms with Gasteiger partial charge in [0.2, 0.25) is 0 Å². The summed E-state index contributed by atoms with van der Waals surface area (Å²) in [6, 6.07) is -0.868. The third kappa shape index (κ3) is 7.48. The summed E-state index contributed by atoms with van der Waals surface area (Å²) in [6.45, 7) is 3.85. The monoisotopic (exact) mass is 260 g/mol. The Bertz CT molecular complexity index is 306. The van der Waals surface area contributed by atoms with E-state index in [9.17, 15) is 14.4 Å². The highest BCUT2D eigenvalue weighted by Crippen LogP contribution is 1.95. The van der Waals surface area contributed by atoms with E-state index in [1.54, 1.807) is 13.8 Å². The van der Waals surface area contributed by atoms with Crippen LogP contribution in [0, 0.1) is 0 Å². The molecule has 0 aliphatic heterocycles. The minimum atomic E-state index is -0.975. The lowest BCUT2D eigenvalue weighted by Crippen LogP contribution is -2.43. The van der Waals surface area contributed by atoms with Gasteiger partial charge in [-0.05, 0) is 13.8 Å². The summed E-state index contributed by atoms with van der Waals surface area (Å²) in [6.07, 6.45) is -0.0253. The van der Waals surface area contributed by atoms with E-state index in [0.29, 0.717) is 6.61 Å². The number of carbonyl (C=O) groups excluding carboxylic acids is 2. The number of urea groups is 1. The zero-order valence-corrected chi connectivity index (χ0v) is 10.9. The topological polar surface area (TPSA) is 95.9 Å². The molecule has 0 aromatic carbocycles. The number of carboxylic acid groups (broad SMARTS) is 1. The first-order valence-electron chi connectivity index (χ1n) is 5.75. The first kappa shape index (κ1) is 16.2. The Kier molecular flexibility index (Phi) is 7.50. The van der Waals surface area contributed by atoms with Crippen LogP contribution in [0.15, 0.2) is 0 Å². The standard InChI is InChI=1S/C11H20N2O5/c1-4-18-10(16)5-6-13(3)11(17)12-8(2)7-9(14)15/h8H,4-7H2,1-3H3,(H,12,17)(H,14,15). The van der Waals surface area contributed by atoms with Crippen molar-refractivity contribution < 1.29 is 24.2 Å². The first-order chi connectivity index (χ1) is 8.36. The fourth-order valence-electron chi connectivity index (χ4n) is 1.23. The Morgan fingerprint density at radius 3 is 2.50 bits per heavy atom. The molecule has 2 N–H and O–H groups in total. The summed E-state index contributed by atoms with van der Waals surface area (Å²) in [5, 5.41) is 11.1. The van der Waals surface area contributed by atoms with Crippen molar-refractivity contribution in [1.29, 1.82) is 0 Å². The van der Waals surface area contributed by atoms with Gasteiger partial charge in [-0.15, -0.1) is 0 Å². The molecule has 0 saturated carbocycles. The lowest BCUT2D eigenvalue weighted by atomic mass is 10.2. The quantitative estimate of drug-likeness (QED) is 0.648. The molecule has 1 atom stereocenters. The molecule has 0 heterocycles. The summed E-state index contributed by atoms with van der Waals surface area (Å²) >= 11 is 0. The van der Waals surface area contributed by atoms with Crippen molar-refractivity contribution in [3.63, 3.8) is 0 Å². The lowest BCUT2D eigenvalue weighted by molar-refractivity contribution is -0.143. The Balaban J connectivity index is 3.95. The number of ether oxygens (including phenoxy) is 1. The fraction of sp³-hybridized carbons (Fsp3) is 0.727. The van der Waals surface area contributed by atoms with E-state index in [1.807, 2.05) is 0 Å². The minimum absolute atomic E-state index is 0.116. The van der Waals surface area contributed by atoms with Crippen LogP contribution in [0.1, 0.15) is 26.7 Å². The van der Waals surface area contributed by atoms with Crippen LogP contribution in [-0.2, 0) is 14.3 Å². The Hall–Kier alpha value is -1.79. The molecule has 0 radical (unpaired) electrons. The molecule has 0 aromatic rings. The van der Waals surface area contributed by atoms with Gasteiger partial charge in [-0.3, -0.25) is 9.59 Å². The molecule has 0 aliphatic carbocycles. The van der Waals surface area contributed by atoms with E-state index in [-0.39, 0.29) is 25.4 Å². The number of esters is 1. The maximum absolute atomic E-state index is 11.6. The molecule has 0 spiro atoms. The van der Waals surface area contributed by atoms with Crippen molar-refractivity contribution in [2.24, 2.45) is 0 Å². The molecule has 7 heteroatoms. The van der Waals surface area contributed by atoms with E-state index in [1.165, 1.54) is 11.9 Å². The number of amides is 2. The third-order valence-electron chi connectivity index (χ3n) is 2.15. The van der Waals surface area contributed by atoms with E-state index in [2.05, 4.69) is 5.32 Å². The summed E-state index contributed by atoms with van der Waals surface area (Å²) in [5.74, 6) is -1.34. The van der Waals surface area contributed by atoms with Gasteiger partial charge in [-0.1, -0.05) is 0 Å². The number of hydrogen-bond donors (Lipinski definition) is 2. The predicted octanol–water partition coefficient (Wildman–Crippen LogP) is 0.444. The van der Waals surface area contributed by atoms with Gasteiger partial charge in [-0.25, -0.2) is 4.79 Å². The normalized spacial score (nSPS) is 11.5. The van der Waals surface area contributed by atoms with E-state index in [4.69, 9.17) is 9.84 Å². The fourth-order valence-corrected chi connectivity index (χ4v) is 1.23. The van der Waals surface area contributed by atoms with Gasteiger partial charge < -0.3 is 20.1 Å². The van der Waals surface area contributed by atoms with Crippen LogP contribution in [-0.4, -0.2) is 54.2 Å². The second-order valence-corrected chi connectivity index (χ2v) is 3.92. The molecule has 7 nitrogen and oxygen atoms in total. The van der Waals surface area contributed by atoms with Crippen molar-refractivity contribution in [2.45, 2.75) is 32.7 Å². The molecule has 0 aromatic heterocycles. The van der Waals surface area contributed by atoms with Crippen LogP contribution in [0.5, 0.6) is 0 Å². The van der Waals surface area contributed by atoms with Gasteiger partial charge in [0, 0.05) is 19.6 Å². The smallest absolute Gasteiger partial charge is 0.317 e. The highest BCUT2D eigenvalue weighted by molar-refractivity contribution is 5.76. The molecular formula is C11H20N2O5. The van der Waals surface area contributed by atoms with Crippen LogP contribution in [0.3, 0.4) is 0 Å². The molecule has 0 saturated heterocycles. The molecule has 1 unspecified atom stereocenters. The van der Waals surface area contributed by atoms with Gasteiger partial charge in [0.25, 0.3) is 0 Å². The second-order valence-electron chi connectivity index (χ2n) is 3.92. The largest absolute Gasteiger partial charge is 0.481 e. The maximum Gasteiger partial charge on any atom is 0.317 e. The summed E-state index contributed by atoms with van der Waals surface area (Å²) in [4.78, 5) is 34.4. The van der Waals surface area contributed by atoms with Crippen molar-refractivity contribution in [1.82, 2.24) is 10.2 Å². The number of aliphatic carboxylic acids is 1. The van der Waals surface area contributed by atoms with Gasteiger partial charge in [0.05, 0.1) is 19.4 Å². The van der Waals surface area contributed by atoms with Crippen LogP contribution in [0.25, 0.3) is 0 Å². The van der Waals surface area contributed by atoms with E-state index >= 15 is 0 Å². The number of nitrogens with one attached hydrogen (secondary N) is 1. The highest BCUT2D eigenvalue weighted by atomic mass is 16.5. The molecule has 18 heavy (non-hydrogen) atoms. The number of rotatable bonds is 7. The molecule has 0 bridgehead atoms. The first-order valence-corrected chi connectivity index (χ1v) is 5.75. The summed E-state index contributed by atoms with van der Waals surface area (Å²) in [5.41, 5.74) is 0. The van der Waals surface area contributed by atoms with Crippen LogP contribution >= 0.6 is 0 Å². The molecule has 0 rings (SSSR count). The zero-order valence-electron chi connectivity index (χ0n) is 10.9. The third-order valence-corrected chi connectivity index (χ3v) is 2.15. The van der Waals surface area contributed by atoms with Gasteiger partial charge in [0.15, 0.2) is 0 Å². The summed E-state index contributed by atoms with van der Waals surface area (Å²) in [7, 11) is 1.53. The molecule has 2 amide bonds. The molecule has 0 aliphatic rings. The number of hydrogen-bond acceptors (Lipinski definition) is 4. The maximum atomic E-state index is 11.6. The second kappa shape index (κ2) is 8.32. The van der Waals surface area contributed by atoms with Gasteiger partial charge >= 0.3 is 18.0 Å². The van der Waals surface area contributed by atoms with Crippen LogP contribution < -0.4 is 5.32 Å². The van der Waals surface area contributed by atoms with Crippen LogP contribution in [0.4, 0.5) is 4.79 Å². The Labute approximate surface area is 106 Å². The van der Waals surface area contributed by atoms with Crippen molar-refractivity contribution >= 4 is 18.0 Å². The molecule has 0 fully saturated rings. The van der Waals surface area contributed by atoms with Crippen molar-refractivity contribution in [3.05, 3.63) is 0 Å². The summed E-state index contributed by atoms with van der Waals surface area (Å²) < 4.78 is 4.73. The van der Waals surface area contributed by atoms with Crippen LogP contribution in [0.2, 0.25) is 0 Å². The van der Waals surface area contributed by atoms with E-state index < -0.39 is 18.0 Å². The number of carboxylic acids is 1. The average Bonchev–Trinajstić information content (AvgIpc) is 2.24. The lowest BCUT2D eigenvalue weighted by Gasteiger charge is -2.20. The highest BCUT2D eigenvalue weighted by Gasteiger charge is 2.15. The Morgan fingerprint density at radius 2 is 2.00 bits per heavy atom. The van der Waals surface area contributed by atoms with Crippen molar-refractivity contribution in [3.8, 4) is 0 Å². The van der Waals surface area contributed by atoms with E-state index in [0.717, 1.165) is 0 Å². The number of carbonyl (C=O) groups is 3. The minimum Gasteiger partial charge on any atom is -0.481 e. The zero-order chi connectivity index (χ0) is 14.1. The average molecular weight is 260 g/mol.